The monoisotopic (exact) mass is 489 g/mol. The lowest BCUT2D eigenvalue weighted by Gasteiger charge is -2.39. The van der Waals surface area contributed by atoms with E-state index in [-0.39, 0.29) is 40.6 Å². The van der Waals surface area contributed by atoms with Gasteiger partial charge in [-0.15, -0.1) is 11.3 Å². The molecule has 2 aliphatic rings. The van der Waals surface area contributed by atoms with Gasteiger partial charge in [0, 0.05) is 29.7 Å². The maximum Gasteiger partial charge on any atom is 0.338 e. The molecule has 0 spiro atoms. The molecule has 1 aromatic carbocycles. The fraction of sp³-hybridized carbons (Fsp3) is 0.522. The zero-order valence-corrected chi connectivity index (χ0v) is 20.8. The molecule has 1 amide bonds. The van der Waals surface area contributed by atoms with E-state index in [2.05, 4.69) is 25.8 Å². The van der Waals surface area contributed by atoms with E-state index >= 15 is 0 Å². The number of fused-ring (bicyclic) bond motifs is 2. The number of hydrogen-bond acceptors (Lipinski definition) is 8. The number of aryl methyl sites for hydroxylation is 1. The van der Waals surface area contributed by atoms with Gasteiger partial charge in [0.05, 0.1) is 15.4 Å². The molecule has 1 saturated carbocycles. The van der Waals surface area contributed by atoms with E-state index in [1.807, 2.05) is 17.2 Å². The Bertz CT molecular complexity index is 1120. The first-order valence-corrected chi connectivity index (χ1v) is 12.5. The summed E-state index contributed by atoms with van der Waals surface area (Å²) in [4.78, 5) is 43.0. The van der Waals surface area contributed by atoms with E-state index < -0.39 is 10.9 Å². The Morgan fingerprint density at radius 3 is 2.76 bits per heavy atom. The Kier molecular flexibility index (Phi) is 6.26. The summed E-state index contributed by atoms with van der Waals surface area (Å²) in [6.07, 6.45) is 2.97. The summed E-state index contributed by atoms with van der Waals surface area (Å²) in [5.41, 5.74) is 0.962. The predicted molar refractivity (Wildman–Crippen MR) is 126 cm³/mol. The van der Waals surface area contributed by atoms with Crippen molar-refractivity contribution in [1.82, 2.24) is 9.88 Å². The molecule has 1 aromatic heterocycles. The average Bonchev–Trinajstić information content (AvgIpc) is 3.24. The van der Waals surface area contributed by atoms with E-state index in [9.17, 15) is 19.7 Å². The first-order valence-electron chi connectivity index (χ1n) is 10.8. The first kappa shape index (κ1) is 23.7. The van der Waals surface area contributed by atoms with Gasteiger partial charge in [-0.25, -0.2) is 9.78 Å². The van der Waals surface area contributed by atoms with Crippen LogP contribution in [0.25, 0.3) is 0 Å². The third-order valence-electron chi connectivity index (χ3n) is 6.25. The van der Waals surface area contributed by atoms with Gasteiger partial charge >= 0.3 is 5.97 Å². The summed E-state index contributed by atoms with van der Waals surface area (Å²) >= 11 is 2.58. The molecular weight excluding hydrogens is 462 g/mol. The van der Waals surface area contributed by atoms with Crippen molar-refractivity contribution in [1.29, 1.82) is 0 Å². The molecule has 2 bridgehead atoms. The van der Waals surface area contributed by atoms with Crippen LogP contribution in [0, 0.1) is 27.9 Å². The molecule has 1 saturated heterocycles. The quantitative estimate of drug-likeness (QED) is 0.316. The molecule has 1 aliphatic carbocycles. The van der Waals surface area contributed by atoms with E-state index in [4.69, 9.17) is 4.74 Å². The molecular formula is C23H27N3O5S2. The maximum absolute atomic E-state index is 12.8. The highest BCUT2D eigenvalue weighted by molar-refractivity contribution is 8.01. The molecule has 0 radical (unpaired) electrons. The third-order valence-corrected chi connectivity index (χ3v) is 8.37. The summed E-state index contributed by atoms with van der Waals surface area (Å²) in [6, 6.07) is 4.36. The van der Waals surface area contributed by atoms with Crippen LogP contribution in [0.5, 0.6) is 0 Å². The van der Waals surface area contributed by atoms with Gasteiger partial charge in [-0.2, -0.15) is 0 Å². The Hall–Kier alpha value is -2.46. The molecule has 2 fully saturated rings. The normalized spacial score (nSPS) is 23.4. The minimum absolute atomic E-state index is 0.0439. The van der Waals surface area contributed by atoms with Crippen molar-refractivity contribution in [3.05, 3.63) is 45.0 Å². The van der Waals surface area contributed by atoms with Gasteiger partial charge in [0.2, 0.25) is 0 Å². The van der Waals surface area contributed by atoms with Gasteiger partial charge in [-0.1, -0.05) is 32.5 Å². The Balaban J connectivity index is 1.42. The van der Waals surface area contributed by atoms with Crippen LogP contribution < -0.4 is 0 Å². The van der Waals surface area contributed by atoms with Crippen LogP contribution in [0.4, 0.5) is 5.69 Å². The van der Waals surface area contributed by atoms with E-state index in [0.717, 1.165) is 25.0 Å². The lowest BCUT2D eigenvalue weighted by atomic mass is 9.65. The Morgan fingerprint density at radius 2 is 2.09 bits per heavy atom. The van der Waals surface area contributed by atoms with Gasteiger partial charge in [0.1, 0.15) is 0 Å². The van der Waals surface area contributed by atoms with Crippen LogP contribution in [0.2, 0.25) is 0 Å². The number of nitro groups is 1. The van der Waals surface area contributed by atoms with Gasteiger partial charge in [-0.05, 0) is 49.1 Å². The molecule has 2 aromatic rings. The van der Waals surface area contributed by atoms with Crippen molar-refractivity contribution in [2.45, 2.75) is 62.2 Å². The van der Waals surface area contributed by atoms with Gasteiger partial charge in [0.15, 0.2) is 10.9 Å². The van der Waals surface area contributed by atoms with E-state index in [0.29, 0.717) is 15.8 Å². The molecule has 33 heavy (non-hydrogen) atoms. The summed E-state index contributed by atoms with van der Waals surface area (Å²) in [7, 11) is 0. The summed E-state index contributed by atoms with van der Waals surface area (Å²) < 4.78 is 5.95. The number of aromatic nitrogens is 1. The molecule has 8 nitrogen and oxygen atoms in total. The molecule has 4 rings (SSSR count). The molecule has 176 valence electrons. The Labute approximate surface area is 200 Å². The summed E-state index contributed by atoms with van der Waals surface area (Å²) in [5, 5.41) is 13.5. The van der Waals surface area contributed by atoms with Crippen molar-refractivity contribution in [3.8, 4) is 0 Å². The highest BCUT2D eigenvalue weighted by atomic mass is 32.2. The second-order valence-corrected chi connectivity index (χ2v) is 12.3. The third kappa shape index (κ3) is 5.22. The van der Waals surface area contributed by atoms with Crippen LogP contribution in [-0.4, -0.2) is 45.9 Å². The van der Waals surface area contributed by atoms with Crippen LogP contribution in [0.15, 0.2) is 32.8 Å². The lowest BCUT2D eigenvalue weighted by molar-refractivity contribution is -0.387. The topological polar surface area (TPSA) is 103 Å². The SMILES string of the molecule is Cc1csc(Sc2ccc(C(=O)OCC(=O)N3C[C@]4(C)C[C@H]3CC(C)(C)C4)cc2[N+](=O)[O-])n1. The lowest BCUT2D eigenvalue weighted by Crippen LogP contribution is -2.39. The van der Waals surface area contributed by atoms with E-state index in [1.165, 1.54) is 41.3 Å². The number of amides is 1. The highest BCUT2D eigenvalue weighted by Crippen LogP contribution is 2.52. The number of rotatable bonds is 6. The van der Waals surface area contributed by atoms with Crippen LogP contribution in [0.3, 0.4) is 0 Å². The summed E-state index contributed by atoms with van der Waals surface area (Å²) in [5.74, 6) is -0.961. The molecule has 2 heterocycles. The standard InChI is InChI=1S/C23H27N3O5S2/c1-14-11-32-21(24-14)33-18-6-5-15(7-17(18)26(29)30)20(28)31-10-19(27)25-13-23(4)9-16(25)8-22(2,3)12-23/h5-7,11,16H,8-10,12-13H2,1-4H3/t16-,23-/m1/s1. The minimum Gasteiger partial charge on any atom is -0.452 e. The molecule has 0 unspecified atom stereocenters. The number of carbonyl (C=O) groups excluding carboxylic acids is 2. The number of nitro benzene ring substituents is 1. The van der Waals surface area contributed by atoms with Crippen molar-refractivity contribution in [3.63, 3.8) is 0 Å². The number of ether oxygens (including phenoxy) is 1. The first-order chi connectivity index (χ1) is 15.4. The van der Waals surface area contributed by atoms with Gasteiger partial charge in [0.25, 0.3) is 11.6 Å². The molecule has 2 atom stereocenters. The predicted octanol–water partition coefficient (Wildman–Crippen LogP) is 5.09. The fourth-order valence-electron chi connectivity index (χ4n) is 5.39. The second-order valence-electron chi connectivity index (χ2n) is 10.1. The van der Waals surface area contributed by atoms with Gasteiger partial charge in [-0.3, -0.25) is 14.9 Å². The van der Waals surface area contributed by atoms with Crippen molar-refractivity contribution in [2.24, 2.45) is 10.8 Å². The van der Waals surface area contributed by atoms with Gasteiger partial charge < -0.3 is 9.64 Å². The van der Waals surface area contributed by atoms with Crippen LogP contribution in [-0.2, 0) is 9.53 Å². The number of hydrogen-bond donors (Lipinski definition) is 0. The van der Waals surface area contributed by atoms with Crippen molar-refractivity contribution >= 4 is 40.7 Å². The largest absolute Gasteiger partial charge is 0.452 e. The summed E-state index contributed by atoms with van der Waals surface area (Å²) in [6.45, 7) is 8.84. The van der Waals surface area contributed by atoms with Crippen molar-refractivity contribution < 1.29 is 19.2 Å². The maximum atomic E-state index is 12.8. The molecule has 0 N–H and O–H groups in total. The minimum atomic E-state index is -0.748. The number of carbonyl (C=O) groups is 2. The number of nitrogens with zero attached hydrogens (tertiary/aromatic N) is 3. The smallest absolute Gasteiger partial charge is 0.338 e. The van der Waals surface area contributed by atoms with Crippen LogP contribution in [0.1, 0.15) is 56.1 Å². The second kappa shape index (κ2) is 8.72. The number of thiazole rings is 1. The highest BCUT2D eigenvalue weighted by Gasteiger charge is 2.50. The molecule has 1 aliphatic heterocycles. The average molecular weight is 490 g/mol. The molecule has 10 heteroatoms. The number of benzene rings is 1. The zero-order valence-electron chi connectivity index (χ0n) is 19.1. The fourth-order valence-corrected chi connectivity index (χ4v) is 7.27. The van der Waals surface area contributed by atoms with Crippen molar-refractivity contribution in [2.75, 3.05) is 13.2 Å². The number of esters is 1. The zero-order chi connectivity index (χ0) is 24.0. The number of likely N-dealkylation sites (tertiary alicyclic amines) is 1. The van der Waals surface area contributed by atoms with Crippen LogP contribution >= 0.6 is 23.1 Å². The Morgan fingerprint density at radius 1 is 1.33 bits per heavy atom. The van der Waals surface area contributed by atoms with E-state index in [1.54, 1.807) is 0 Å².